The average molecular weight is 368 g/mol. The van der Waals surface area contributed by atoms with Gasteiger partial charge in [-0.25, -0.2) is 0 Å². The molecule has 1 aromatic carbocycles. The molecule has 1 aromatic rings. The first-order valence-electron chi connectivity index (χ1n) is 9.00. The molecule has 6 heteroatoms. The van der Waals surface area contributed by atoms with Crippen molar-refractivity contribution in [3.63, 3.8) is 0 Å². The minimum Gasteiger partial charge on any atom is -0.507 e. The van der Waals surface area contributed by atoms with Crippen molar-refractivity contribution in [3.05, 3.63) is 28.8 Å². The van der Waals surface area contributed by atoms with Crippen LogP contribution in [0.1, 0.15) is 43.9 Å². The molecule has 1 rings (SSSR count). The summed E-state index contributed by atoms with van der Waals surface area (Å²) in [6.45, 7) is 9.65. The highest BCUT2D eigenvalue weighted by Crippen LogP contribution is 2.34. The Morgan fingerprint density at radius 1 is 1.04 bits per heavy atom. The summed E-state index contributed by atoms with van der Waals surface area (Å²) in [4.78, 5) is 11.8. The zero-order chi connectivity index (χ0) is 19.6. The van der Waals surface area contributed by atoms with E-state index in [0.29, 0.717) is 38.6 Å². The summed E-state index contributed by atoms with van der Waals surface area (Å²) in [7, 11) is 0. The molecule has 0 unspecified atom stereocenters. The predicted molar refractivity (Wildman–Crippen MR) is 99.5 cm³/mol. The summed E-state index contributed by atoms with van der Waals surface area (Å²) in [5, 5.41) is 18.8. The second-order valence-electron chi connectivity index (χ2n) is 7.23. The first-order chi connectivity index (χ1) is 12.3. The lowest BCUT2D eigenvalue weighted by atomic mass is 9.83. The molecule has 0 spiro atoms. The number of phenolic OH excluding ortho intramolecular Hbond substituents is 1. The maximum Gasteiger partial charge on any atom is 0.306 e. The van der Waals surface area contributed by atoms with Gasteiger partial charge in [0.1, 0.15) is 12.4 Å². The molecule has 0 aliphatic rings. The first-order valence-corrected chi connectivity index (χ1v) is 9.00. The van der Waals surface area contributed by atoms with Crippen LogP contribution >= 0.6 is 0 Å². The van der Waals surface area contributed by atoms with Crippen LogP contribution in [0.2, 0.25) is 0 Å². The van der Waals surface area contributed by atoms with Gasteiger partial charge in [0, 0.05) is 6.42 Å². The Morgan fingerprint density at radius 2 is 1.65 bits per heavy atom. The van der Waals surface area contributed by atoms with E-state index < -0.39 is 0 Å². The highest BCUT2D eigenvalue weighted by molar-refractivity contribution is 5.69. The second-order valence-corrected chi connectivity index (χ2v) is 7.23. The number of hydrogen-bond acceptors (Lipinski definition) is 6. The van der Waals surface area contributed by atoms with Crippen LogP contribution in [-0.4, -0.2) is 55.8 Å². The van der Waals surface area contributed by atoms with Crippen LogP contribution in [0.3, 0.4) is 0 Å². The van der Waals surface area contributed by atoms with Crippen molar-refractivity contribution < 1.29 is 29.2 Å². The van der Waals surface area contributed by atoms with Gasteiger partial charge in [-0.3, -0.25) is 4.79 Å². The Kier molecular flexibility index (Phi) is 9.62. The van der Waals surface area contributed by atoms with Crippen molar-refractivity contribution in [2.45, 2.75) is 46.0 Å². The standard InChI is InChI=1S/C20H32O6/c1-15-13-16(14-17(19(15)23)20(2,3)4)5-6-18(22)26-12-11-25-10-9-24-8-7-21/h13-14,21,23H,5-12H2,1-4H3. The van der Waals surface area contributed by atoms with Gasteiger partial charge < -0.3 is 24.4 Å². The van der Waals surface area contributed by atoms with Crippen LogP contribution in [0.15, 0.2) is 12.1 Å². The van der Waals surface area contributed by atoms with Crippen molar-refractivity contribution in [3.8, 4) is 5.75 Å². The highest BCUT2D eigenvalue weighted by atomic mass is 16.6. The molecule has 0 amide bonds. The lowest BCUT2D eigenvalue weighted by Gasteiger charge is -2.22. The van der Waals surface area contributed by atoms with E-state index in [1.165, 1.54) is 0 Å². The summed E-state index contributed by atoms with van der Waals surface area (Å²) in [5.74, 6) is 0.0529. The van der Waals surface area contributed by atoms with E-state index in [-0.39, 0.29) is 31.0 Å². The van der Waals surface area contributed by atoms with Crippen LogP contribution < -0.4 is 0 Å². The van der Waals surface area contributed by atoms with Crippen molar-refractivity contribution in [2.75, 3.05) is 39.6 Å². The molecule has 0 bridgehead atoms. The monoisotopic (exact) mass is 368 g/mol. The number of phenols is 1. The number of ether oxygens (including phenoxy) is 3. The molecular weight excluding hydrogens is 336 g/mol. The number of benzene rings is 1. The van der Waals surface area contributed by atoms with E-state index in [1.54, 1.807) is 0 Å². The van der Waals surface area contributed by atoms with Crippen molar-refractivity contribution in [1.29, 1.82) is 0 Å². The predicted octanol–water partition coefficient (Wildman–Crippen LogP) is 2.50. The SMILES string of the molecule is Cc1cc(CCC(=O)OCCOCCOCCO)cc(C(C)(C)C)c1O. The molecule has 0 saturated carbocycles. The van der Waals surface area contributed by atoms with E-state index in [0.717, 1.165) is 16.7 Å². The number of carbonyl (C=O) groups excluding carboxylic acids is 1. The fourth-order valence-corrected chi connectivity index (χ4v) is 2.49. The number of rotatable bonds is 11. The fourth-order valence-electron chi connectivity index (χ4n) is 2.49. The van der Waals surface area contributed by atoms with Gasteiger partial charge in [0.25, 0.3) is 0 Å². The third-order valence-corrected chi connectivity index (χ3v) is 3.88. The zero-order valence-corrected chi connectivity index (χ0v) is 16.3. The molecule has 2 N–H and O–H groups in total. The summed E-state index contributed by atoms with van der Waals surface area (Å²) in [5.41, 5.74) is 2.55. The molecule has 0 aliphatic heterocycles. The molecule has 0 atom stereocenters. The number of esters is 1. The third kappa shape index (κ3) is 8.17. The molecule has 6 nitrogen and oxygen atoms in total. The third-order valence-electron chi connectivity index (χ3n) is 3.88. The van der Waals surface area contributed by atoms with Gasteiger partial charge in [0.05, 0.1) is 33.0 Å². The Morgan fingerprint density at radius 3 is 2.27 bits per heavy atom. The van der Waals surface area contributed by atoms with E-state index in [1.807, 2.05) is 39.8 Å². The largest absolute Gasteiger partial charge is 0.507 e. The highest BCUT2D eigenvalue weighted by Gasteiger charge is 2.20. The molecule has 0 fully saturated rings. The molecule has 0 aromatic heterocycles. The van der Waals surface area contributed by atoms with E-state index in [9.17, 15) is 9.90 Å². The molecule has 0 saturated heterocycles. The maximum atomic E-state index is 11.8. The molecule has 0 radical (unpaired) electrons. The van der Waals surface area contributed by atoms with Crippen LogP contribution in [0, 0.1) is 6.92 Å². The first kappa shape index (κ1) is 22.4. The zero-order valence-electron chi connectivity index (χ0n) is 16.3. The van der Waals surface area contributed by atoms with Gasteiger partial charge in [-0.05, 0) is 35.4 Å². The van der Waals surface area contributed by atoms with E-state index in [4.69, 9.17) is 19.3 Å². The minimum absolute atomic E-state index is 0.00455. The molecule has 148 valence electrons. The Hall–Kier alpha value is -1.63. The van der Waals surface area contributed by atoms with E-state index in [2.05, 4.69) is 0 Å². The van der Waals surface area contributed by atoms with Crippen LogP contribution in [0.25, 0.3) is 0 Å². The lowest BCUT2D eigenvalue weighted by molar-refractivity contribution is -0.145. The maximum absolute atomic E-state index is 11.8. The number of aryl methyl sites for hydroxylation is 2. The van der Waals surface area contributed by atoms with Crippen molar-refractivity contribution in [2.24, 2.45) is 0 Å². The number of aliphatic hydroxyl groups excluding tert-OH is 1. The van der Waals surface area contributed by atoms with Gasteiger partial charge in [0.15, 0.2) is 0 Å². The van der Waals surface area contributed by atoms with Gasteiger partial charge in [0.2, 0.25) is 0 Å². The number of carbonyl (C=O) groups is 1. The number of hydrogen-bond donors (Lipinski definition) is 2. The Balaban J connectivity index is 2.34. The van der Waals surface area contributed by atoms with Crippen LogP contribution in [0.4, 0.5) is 0 Å². The summed E-state index contributed by atoms with van der Waals surface area (Å²) in [6, 6.07) is 3.87. The Bertz CT molecular complexity index is 562. The molecule has 0 heterocycles. The topological polar surface area (TPSA) is 85.2 Å². The lowest BCUT2D eigenvalue weighted by Crippen LogP contribution is -2.14. The van der Waals surface area contributed by atoms with Gasteiger partial charge in [-0.15, -0.1) is 0 Å². The number of aliphatic hydroxyl groups is 1. The van der Waals surface area contributed by atoms with Crippen LogP contribution in [-0.2, 0) is 30.8 Å². The minimum atomic E-state index is -0.270. The van der Waals surface area contributed by atoms with Crippen molar-refractivity contribution >= 4 is 5.97 Å². The second kappa shape index (κ2) is 11.2. The van der Waals surface area contributed by atoms with E-state index >= 15 is 0 Å². The summed E-state index contributed by atoms with van der Waals surface area (Å²) >= 11 is 0. The Labute approximate surface area is 156 Å². The molecule has 0 aliphatic carbocycles. The van der Waals surface area contributed by atoms with Crippen molar-refractivity contribution in [1.82, 2.24) is 0 Å². The smallest absolute Gasteiger partial charge is 0.306 e. The van der Waals surface area contributed by atoms with Gasteiger partial charge in [-0.1, -0.05) is 32.9 Å². The average Bonchev–Trinajstić information content (AvgIpc) is 2.57. The molecular formula is C20H32O6. The van der Waals surface area contributed by atoms with Gasteiger partial charge >= 0.3 is 5.97 Å². The normalized spacial score (nSPS) is 11.6. The van der Waals surface area contributed by atoms with Crippen LogP contribution in [0.5, 0.6) is 5.75 Å². The molecule has 26 heavy (non-hydrogen) atoms. The summed E-state index contributed by atoms with van der Waals surface area (Å²) in [6.07, 6.45) is 0.853. The summed E-state index contributed by atoms with van der Waals surface area (Å²) < 4.78 is 15.5. The van der Waals surface area contributed by atoms with Gasteiger partial charge in [-0.2, -0.15) is 0 Å². The number of aromatic hydroxyl groups is 1. The quantitative estimate of drug-likeness (QED) is 0.461. The fraction of sp³-hybridized carbons (Fsp3) is 0.650.